The maximum Gasteiger partial charge on any atom is 1.00 e. The maximum absolute atomic E-state index is 13.0. The van der Waals surface area contributed by atoms with Crippen LogP contribution in [0.15, 0.2) is 125 Å². The van der Waals surface area contributed by atoms with Gasteiger partial charge in [-0.15, -0.1) is 10.2 Å². The summed E-state index contributed by atoms with van der Waals surface area (Å²) in [6.07, 6.45) is 0. The van der Waals surface area contributed by atoms with E-state index in [0.29, 0.717) is 0 Å². The molecule has 0 amide bonds. The fourth-order valence-electron chi connectivity index (χ4n) is 3.23. The molecule has 0 aromatic heterocycles. The quantitative estimate of drug-likeness (QED) is 0.124. The summed E-state index contributed by atoms with van der Waals surface area (Å²) in [6.45, 7) is 0. The first-order valence-corrected chi connectivity index (χ1v) is 15.4. The fourth-order valence-corrected chi connectivity index (χ4v) is 5.49. The average Bonchev–Trinajstić information content (AvgIpc) is 2.91. The van der Waals surface area contributed by atoms with Gasteiger partial charge in [-0.05, 0) is 84.9 Å². The number of benzene rings is 4. The SMILES string of the molecule is O=S(=O)(O)c1ccc(O)c(N=Nc2ccc(S(=O)(=O)c3ccc(N=Nc4cc(S(=O)(=O)O)ccc4O)cc3)cc2)c1.[Na+]. The number of nitrogens with zero attached hydrogens (tertiary/aromatic N) is 4. The molecule has 42 heavy (non-hydrogen) atoms. The number of sulfone groups is 1. The van der Waals surface area contributed by atoms with Gasteiger partial charge in [-0.1, -0.05) is 0 Å². The van der Waals surface area contributed by atoms with Crippen LogP contribution < -0.4 is 29.6 Å². The van der Waals surface area contributed by atoms with Crippen LogP contribution in [0.5, 0.6) is 11.5 Å². The molecule has 0 unspecified atom stereocenters. The molecule has 0 heterocycles. The van der Waals surface area contributed by atoms with Crippen LogP contribution in [-0.4, -0.2) is 44.6 Å². The van der Waals surface area contributed by atoms with Crippen LogP contribution in [0.3, 0.4) is 0 Å². The Labute approximate surface area is 261 Å². The summed E-state index contributed by atoms with van der Waals surface area (Å²) in [6, 6.07) is 16.2. The molecule has 0 aliphatic carbocycles. The van der Waals surface area contributed by atoms with E-state index in [1.54, 1.807) is 0 Å². The summed E-state index contributed by atoms with van der Waals surface area (Å²) in [5, 5.41) is 34.9. The zero-order valence-corrected chi connectivity index (χ0v) is 25.8. The van der Waals surface area contributed by atoms with Gasteiger partial charge in [0.25, 0.3) is 20.2 Å². The van der Waals surface area contributed by atoms with E-state index in [-0.39, 0.29) is 62.1 Å². The molecule has 4 aromatic carbocycles. The molecule has 14 nitrogen and oxygen atoms in total. The molecule has 18 heteroatoms. The minimum Gasteiger partial charge on any atom is -0.506 e. The summed E-state index contributed by atoms with van der Waals surface area (Å²) in [4.78, 5) is -1.17. The molecule has 0 aliphatic rings. The Morgan fingerprint density at radius 1 is 0.452 bits per heavy atom. The largest absolute Gasteiger partial charge is 1.00 e. The summed E-state index contributed by atoms with van der Waals surface area (Å²) >= 11 is 0. The van der Waals surface area contributed by atoms with E-state index >= 15 is 0 Å². The van der Waals surface area contributed by atoms with Crippen molar-refractivity contribution in [3.05, 3.63) is 84.9 Å². The van der Waals surface area contributed by atoms with Crippen molar-refractivity contribution in [3.8, 4) is 11.5 Å². The molecular formula is C24H18N4NaO10S3+. The van der Waals surface area contributed by atoms with Crippen LogP contribution in [0.4, 0.5) is 22.7 Å². The topological polar surface area (TPSA) is 233 Å². The van der Waals surface area contributed by atoms with Gasteiger partial charge in [0.2, 0.25) is 9.84 Å². The Morgan fingerprint density at radius 2 is 0.762 bits per heavy atom. The molecular weight excluding hydrogens is 623 g/mol. The number of aromatic hydroxyl groups is 2. The normalized spacial score (nSPS) is 12.4. The van der Waals surface area contributed by atoms with E-state index in [0.717, 1.165) is 36.4 Å². The van der Waals surface area contributed by atoms with Crippen molar-refractivity contribution in [1.82, 2.24) is 0 Å². The molecule has 0 aliphatic heterocycles. The van der Waals surface area contributed by atoms with Gasteiger partial charge < -0.3 is 10.2 Å². The van der Waals surface area contributed by atoms with Crippen molar-refractivity contribution in [2.24, 2.45) is 20.5 Å². The summed E-state index contributed by atoms with van der Waals surface area (Å²) < 4.78 is 89.5. The molecule has 4 aromatic rings. The molecule has 0 radical (unpaired) electrons. The van der Waals surface area contributed by atoms with E-state index in [9.17, 15) is 35.5 Å². The zero-order chi connectivity index (χ0) is 30.0. The third-order valence-electron chi connectivity index (χ3n) is 5.33. The maximum atomic E-state index is 13.0. The van der Waals surface area contributed by atoms with E-state index in [4.69, 9.17) is 9.11 Å². The standard InChI is InChI=1S/C24H18N4O10S3.Na/c29-23-11-9-19(40(33,34)35)13-21(23)27-25-15-1-5-17(6-2-15)39(31,32)18-7-3-16(4-8-18)26-28-22-14-20(41(36,37)38)10-12-24(22)30;/h1-14,29-30H,(H,33,34,35)(H,36,37,38);/q;+1. The van der Waals surface area contributed by atoms with E-state index in [1.807, 2.05) is 0 Å². The van der Waals surface area contributed by atoms with Crippen LogP contribution in [0.25, 0.3) is 0 Å². The van der Waals surface area contributed by atoms with E-state index in [1.165, 1.54) is 48.5 Å². The van der Waals surface area contributed by atoms with Crippen molar-refractivity contribution in [2.45, 2.75) is 19.6 Å². The van der Waals surface area contributed by atoms with Gasteiger partial charge in [-0.3, -0.25) is 9.11 Å². The molecule has 4 rings (SSSR count). The summed E-state index contributed by atoms with van der Waals surface area (Å²) in [5.74, 6) is -0.793. The first kappa shape index (κ1) is 33.0. The minimum atomic E-state index is -4.53. The predicted molar refractivity (Wildman–Crippen MR) is 143 cm³/mol. The van der Waals surface area contributed by atoms with E-state index in [2.05, 4.69) is 20.5 Å². The summed E-state index contributed by atoms with van der Waals surface area (Å²) in [7, 11) is -13.0. The van der Waals surface area contributed by atoms with Crippen molar-refractivity contribution in [2.75, 3.05) is 0 Å². The van der Waals surface area contributed by atoms with Gasteiger partial charge in [0.15, 0.2) is 0 Å². The first-order valence-electron chi connectivity index (χ1n) is 11.0. The molecule has 0 fully saturated rings. The number of hydrogen-bond acceptors (Lipinski definition) is 12. The second-order valence-corrected chi connectivity index (χ2v) is 12.9. The zero-order valence-electron chi connectivity index (χ0n) is 21.3. The van der Waals surface area contributed by atoms with Gasteiger partial charge in [0, 0.05) is 0 Å². The van der Waals surface area contributed by atoms with Gasteiger partial charge in [-0.25, -0.2) is 8.42 Å². The predicted octanol–water partition coefficient (Wildman–Crippen LogP) is 2.26. The third-order valence-corrected chi connectivity index (χ3v) is 8.81. The van der Waals surface area contributed by atoms with Gasteiger partial charge in [0.1, 0.15) is 22.9 Å². The van der Waals surface area contributed by atoms with E-state index < -0.39 is 51.4 Å². The average molecular weight is 642 g/mol. The van der Waals surface area contributed by atoms with Crippen molar-refractivity contribution >= 4 is 52.8 Å². The molecule has 0 saturated heterocycles. The summed E-state index contributed by atoms with van der Waals surface area (Å²) in [5.41, 5.74) is -0.124. The van der Waals surface area contributed by atoms with Crippen LogP contribution in [0, 0.1) is 0 Å². The monoisotopic (exact) mass is 641 g/mol. The Kier molecular flexibility index (Phi) is 10.0. The smallest absolute Gasteiger partial charge is 0.506 e. The van der Waals surface area contributed by atoms with Crippen LogP contribution in [0.2, 0.25) is 0 Å². The number of azo groups is 2. The van der Waals surface area contributed by atoms with Crippen LogP contribution in [-0.2, 0) is 30.1 Å². The Morgan fingerprint density at radius 3 is 1.07 bits per heavy atom. The number of phenols is 2. The Hall–Kier alpha value is -3.55. The fraction of sp³-hybridized carbons (Fsp3) is 0. The van der Waals surface area contributed by atoms with Crippen molar-refractivity contribution in [3.63, 3.8) is 0 Å². The Balaban J connectivity index is 0.00000484. The van der Waals surface area contributed by atoms with Crippen LogP contribution >= 0.6 is 0 Å². The number of hydrogen-bond donors (Lipinski definition) is 4. The van der Waals surface area contributed by atoms with Crippen molar-refractivity contribution in [1.29, 1.82) is 0 Å². The molecule has 0 saturated carbocycles. The minimum absolute atomic E-state index is 0. The Bertz CT molecular complexity index is 1870. The number of rotatable bonds is 8. The molecule has 0 spiro atoms. The molecule has 212 valence electrons. The van der Waals surface area contributed by atoms with Crippen LogP contribution in [0.1, 0.15) is 0 Å². The second-order valence-electron chi connectivity index (χ2n) is 8.14. The molecule has 0 atom stereocenters. The first-order chi connectivity index (χ1) is 19.1. The molecule has 0 bridgehead atoms. The van der Waals surface area contributed by atoms with Gasteiger partial charge in [0.05, 0.1) is 31.0 Å². The second kappa shape index (κ2) is 12.8. The third kappa shape index (κ3) is 7.84. The number of phenolic OH excluding ortho intramolecular Hbond substituents is 2. The molecule has 4 N–H and O–H groups in total. The van der Waals surface area contributed by atoms with Gasteiger partial charge in [-0.2, -0.15) is 27.1 Å². The van der Waals surface area contributed by atoms with Crippen molar-refractivity contribution < 1.29 is 74.1 Å². The van der Waals surface area contributed by atoms with Gasteiger partial charge >= 0.3 is 29.6 Å².